The number of benzene rings is 1. The molecule has 0 aromatic heterocycles. The zero-order valence-corrected chi connectivity index (χ0v) is 13.3. The quantitative estimate of drug-likeness (QED) is 0.870. The molecule has 0 radical (unpaired) electrons. The molecule has 1 aromatic carbocycles. The summed E-state index contributed by atoms with van der Waals surface area (Å²) in [7, 11) is -3.55. The molecule has 21 heavy (non-hydrogen) atoms. The molecule has 0 atom stereocenters. The van der Waals surface area contributed by atoms with Crippen LogP contribution in [0.15, 0.2) is 29.2 Å². The normalized spacial score (nSPS) is 17.2. The molecule has 1 amide bonds. The third kappa shape index (κ3) is 4.84. The first-order chi connectivity index (χ1) is 9.97. The van der Waals surface area contributed by atoms with Gasteiger partial charge in [0.15, 0.2) is 9.84 Å². The van der Waals surface area contributed by atoms with E-state index in [0.29, 0.717) is 0 Å². The Labute approximate surface area is 126 Å². The van der Waals surface area contributed by atoms with Crippen LogP contribution in [-0.4, -0.2) is 26.1 Å². The highest BCUT2D eigenvalue weighted by Crippen LogP contribution is 2.17. The summed E-state index contributed by atoms with van der Waals surface area (Å²) in [5, 5.41) is 2.88. The van der Waals surface area contributed by atoms with Gasteiger partial charge >= 0.3 is 0 Å². The first-order valence-electron chi connectivity index (χ1n) is 7.56. The van der Waals surface area contributed by atoms with Crippen molar-refractivity contribution < 1.29 is 13.2 Å². The van der Waals surface area contributed by atoms with Crippen LogP contribution in [0.1, 0.15) is 44.1 Å². The molecule has 2 rings (SSSR count). The van der Waals surface area contributed by atoms with Crippen molar-refractivity contribution in [2.24, 2.45) is 0 Å². The van der Waals surface area contributed by atoms with Crippen molar-refractivity contribution in [1.82, 2.24) is 5.32 Å². The van der Waals surface area contributed by atoms with Crippen molar-refractivity contribution >= 4 is 15.7 Å². The van der Waals surface area contributed by atoms with E-state index in [9.17, 15) is 13.2 Å². The van der Waals surface area contributed by atoms with Gasteiger partial charge in [0, 0.05) is 6.04 Å². The van der Waals surface area contributed by atoms with Gasteiger partial charge in [-0.25, -0.2) is 8.42 Å². The summed E-state index contributed by atoms with van der Waals surface area (Å²) >= 11 is 0. The fourth-order valence-corrected chi connectivity index (χ4v) is 3.84. The van der Waals surface area contributed by atoms with Gasteiger partial charge in [0.25, 0.3) is 0 Å². The van der Waals surface area contributed by atoms with E-state index in [1.807, 2.05) is 6.92 Å². The summed E-state index contributed by atoms with van der Waals surface area (Å²) in [6.45, 7) is 1.90. The summed E-state index contributed by atoms with van der Waals surface area (Å²) in [6.07, 6.45) is 6.53. The van der Waals surface area contributed by atoms with Crippen LogP contribution >= 0.6 is 0 Å². The van der Waals surface area contributed by atoms with Crippen molar-refractivity contribution in [1.29, 1.82) is 0 Å². The van der Waals surface area contributed by atoms with Gasteiger partial charge in [-0.3, -0.25) is 4.79 Å². The number of nitrogens with one attached hydrogen (secondary N) is 1. The Kier molecular flexibility index (Phi) is 5.39. The molecule has 0 bridgehead atoms. The summed E-state index contributed by atoms with van der Waals surface area (Å²) < 4.78 is 24.4. The van der Waals surface area contributed by atoms with Gasteiger partial charge in [-0.05, 0) is 31.9 Å². The molecule has 5 heteroatoms. The second-order valence-electron chi connectivity index (χ2n) is 5.83. The van der Waals surface area contributed by atoms with Gasteiger partial charge in [0.2, 0.25) is 5.91 Å². The molecule has 1 aliphatic rings. The lowest BCUT2D eigenvalue weighted by Gasteiger charge is -2.16. The van der Waals surface area contributed by atoms with Gasteiger partial charge in [0.05, 0.1) is 4.90 Å². The molecule has 4 nitrogen and oxygen atoms in total. The maximum Gasteiger partial charge on any atom is 0.235 e. The molecule has 1 N–H and O–H groups in total. The number of sulfone groups is 1. The zero-order chi connectivity index (χ0) is 15.3. The topological polar surface area (TPSA) is 63.2 Å². The van der Waals surface area contributed by atoms with E-state index in [-0.39, 0.29) is 16.8 Å². The molecule has 0 aliphatic heterocycles. The molecular formula is C16H23NO3S. The lowest BCUT2D eigenvalue weighted by atomic mass is 10.1. The highest BCUT2D eigenvalue weighted by atomic mass is 32.2. The Morgan fingerprint density at radius 1 is 1.10 bits per heavy atom. The Hall–Kier alpha value is -1.36. The fraction of sp³-hybridized carbons (Fsp3) is 0.562. The Bertz CT molecular complexity index is 570. The van der Waals surface area contributed by atoms with E-state index in [1.165, 1.54) is 12.8 Å². The first-order valence-corrected chi connectivity index (χ1v) is 9.21. The number of rotatable bonds is 4. The summed E-state index contributed by atoms with van der Waals surface area (Å²) in [5.74, 6) is -0.852. The lowest BCUT2D eigenvalue weighted by Crippen LogP contribution is -2.38. The number of carbonyl (C=O) groups is 1. The van der Waals surface area contributed by atoms with Gasteiger partial charge < -0.3 is 5.32 Å². The Morgan fingerprint density at radius 2 is 1.67 bits per heavy atom. The average Bonchev–Trinajstić information content (AvgIpc) is 2.67. The predicted octanol–water partition coefficient (Wildman–Crippen LogP) is 2.61. The number of aryl methyl sites for hydroxylation is 1. The molecule has 1 saturated carbocycles. The van der Waals surface area contributed by atoms with E-state index < -0.39 is 15.6 Å². The smallest absolute Gasteiger partial charge is 0.235 e. The minimum Gasteiger partial charge on any atom is -0.352 e. The second kappa shape index (κ2) is 7.07. The Balaban J connectivity index is 1.96. The fourth-order valence-electron chi connectivity index (χ4n) is 2.69. The number of amides is 1. The van der Waals surface area contributed by atoms with Crippen LogP contribution in [0, 0.1) is 6.92 Å². The number of hydrogen-bond donors (Lipinski definition) is 1. The molecule has 0 unspecified atom stereocenters. The van der Waals surface area contributed by atoms with Gasteiger partial charge in [-0.1, -0.05) is 43.4 Å². The SMILES string of the molecule is Cc1ccc(S(=O)(=O)CC(=O)NC2CCCCCC2)cc1. The van der Waals surface area contributed by atoms with Crippen molar-refractivity contribution in [3.05, 3.63) is 29.8 Å². The van der Waals surface area contributed by atoms with E-state index in [0.717, 1.165) is 31.2 Å². The minimum absolute atomic E-state index is 0.133. The van der Waals surface area contributed by atoms with Crippen molar-refractivity contribution in [3.63, 3.8) is 0 Å². The second-order valence-corrected chi connectivity index (χ2v) is 7.82. The van der Waals surface area contributed by atoms with E-state index >= 15 is 0 Å². The summed E-state index contributed by atoms with van der Waals surface area (Å²) in [4.78, 5) is 12.2. The van der Waals surface area contributed by atoms with Gasteiger partial charge in [0.1, 0.15) is 5.75 Å². The van der Waals surface area contributed by atoms with E-state index in [4.69, 9.17) is 0 Å². The minimum atomic E-state index is -3.55. The third-order valence-corrected chi connectivity index (χ3v) is 5.55. The average molecular weight is 309 g/mol. The standard InChI is InChI=1S/C16H23NO3S/c1-13-8-10-15(11-9-13)21(19,20)12-16(18)17-14-6-4-2-3-5-7-14/h8-11,14H,2-7,12H2,1H3,(H,17,18). The van der Waals surface area contributed by atoms with Crippen LogP contribution < -0.4 is 5.32 Å². The first kappa shape index (κ1) is 16.0. The number of carbonyl (C=O) groups excluding carboxylic acids is 1. The molecular weight excluding hydrogens is 286 g/mol. The Morgan fingerprint density at radius 3 is 2.24 bits per heavy atom. The maximum absolute atomic E-state index is 12.2. The van der Waals surface area contributed by atoms with Crippen molar-refractivity contribution in [3.8, 4) is 0 Å². The van der Waals surface area contributed by atoms with Gasteiger partial charge in [-0.2, -0.15) is 0 Å². The van der Waals surface area contributed by atoms with E-state index in [2.05, 4.69) is 5.32 Å². The lowest BCUT2D eigenvalue weighted by molar-refractivity contribution is -0.119. The van der Waals surface area contributed by atoms with Crippen LogP contribution in [0.3, 0.4) is 0 Å². The van der Waals surface area contributed by atoms with Crippen LogP contribution in [0.2, 0.25) is 0 Å². The van der Waals surface area contributed by atoms with Crippen molar-refractivity contribution in [2.75, 3.05) is 5.75 Å². The van der Waals surface area contributed by atoms with Crippen LogP contribution in [0.4, 0.5) is 0 Å². The molecule has 0 spiro atoms. The zero-order valence-electron chi connectivity index (χ0n) is 12.5. The van der Waals surface area contributed by atoms with Gasteiger partial charge in [-0.15, -0.1) is 0 Å². The highest BCUT2D eigenvalue weighted by Gasteiger charge is 2.21. The summed E-state index contributed by atoms with van der Waals surface area (Å²) in [6, 6.07) is 6.74. The molecule has 116 valence electrons. The maximum atomic E-state index is 12.2. The summed E-state index contributed by atoms with van der Waals surface area (Å²) in [5.41, 5.74) is 0.997. The van der Waals surface area contributed by atoms with Crippen LogP contribution in [-0.2, 0) is 14.6 Å². The largest absolute Gasteiger partial charge is 0.352 e. The molecule has 1 aliphatic carbocycles. The van der Waals surface area contributed by atoms with Crippen LogP contribution in [0.5, 0.6) is 0 Å². The number of hydrogen-bond acceptors (Lipinski definition) is 3. The monoisotopic (exact) mass is 309 g/mol. The highest BCUT2D eigenvalue weighted by molar-refractivity contribution is 7.92. The molecule has 0 saturated heterocycles. The third-order valence-electron chi connectivity index (χ3n) is 3.92. The van der Waals surface area contributed by atoms with Crippen LogP contribution in [0.25, 0.3) is 0 Å². The predicted molar refractivity (Wildman–Crippen MR) is 82.9 cm³/mol. The molecule has 1 fully saturated rings. The van der Waals surface area contributed by atoms with Crippen molar-refractivity contribution in [2.45, 2.75) is 56.4 Å². The molecule has 0 heterocycles. The molecule has 1 aromatic rings. The van der Waals surface area contributed by atoms with E-state index in [1.54, 1.807) is 24.3 Å².